The van der Waals surface area contributed by atoms with Crippen molar-refractivity contribution in [2.75, 3.05) is 0 Å². The van der Waals surface area contributed by atoms with E-state index in [1.165, 1.54) is 6.07 Å². The summed E-state index contributed by atoms with van der Waals surface area (Å²) in [5.41, 5.74) is 0.192. The number of benzene rings is 1. The molecule has 0 saturated heterocycles. The number of aliphatic hydroxyl groups is 1. The fourth-order valence-corrected chi connectivity index (χ4v) is 1.39. The quantitative estimate of drug-likeness (QED) is 0.819. The van der Waals surface area contributed by atoms with Crippen LogP contribution in [0, 0.1) is 0 Å². The maximum atomic E-state index is 11.2. The van der Waals surface area contributed by atoms with Crippen LogP contribution in [0.1, 0.15) is 11.5 Å². The molecule has 0 radical (unpaired) electrons. The molecular formula is C12H12N2O3. The second-order valence-electron chi connectivity index (χ2n) is 3.44. The van der Waals surface area contributed by atoms with Crippen LogP contribution >= 0.6 is 0 Å². The van der Waals surface area contributed by atoms with Crippen molar-refractivity contribution in [2.45, 2.75) is 13.2 Å². The van der Waals surface area contributed by atoms with Gasteiger partial charge in [0.05, 0.1) is 5.69 Å². The van der Waals surface area contributed by atoms with Crippen molar-refractivity contribution < 1.29 is 9.84 Å². The van der Waals surface area contributed by atoms with E-state index in [2.05, 4.69) is 9.97 Å². The van der Waals surface area contributed by atoms with E-state index in [4.69, 9.17) is 9.84 Å². The van der Waals surface area contributed by atoms with Gasteiger partial charge in [0.25, 0.3) is 5.56 Å². The van der Waals surface area contributed by atoms with Crippen LogP contribution < -0.4 is 10.3 Å². The molecule has 2 N–H and O–H groups in total. The molecule has 88 valence electrons. The van der Waals surface area contributed by atoms with Crippen molar-refractivity contribution in [3.8, 4) is 5.75 Å². The Morgan fingerprint density at radius 2 is 2.06 bits per heavy atom. The van der Waals surface area contributed by atoms with Crippen LogP contribution in [0.5, 0.6) is 5.75 Å². The first kappa shape index (κ1) is 11.3. The minimum atomic E-state index is -0.297. The number of hydrogen-bond acceptors (Lipinski definition) is 4. The molecule has 0 amide bonds. The average molecular weight is 232 g/mol. The Balaban J connectivity index is 2.09. The number of aliphatic hydroxyl groups excluding tert-OH is 1. The summed E-state index contributed by atoms with van der Waals surface area (Å²) in [5.74, 6) is 0.948. The molecule has 0 fully saturated rings. The third kappa shape index (κ3) is 3.15. The Kier molecular flexibility index (Phi) is 3.52. The van der Waals surface area contributed by atoms with Crippen molar-refractivity contribution in [3.05, 3.63) is 58.3 Å². The molecule has 0 aliphatic carbocycles. The number of nitrogens with one attached hydrogen (secondary N) is 1. The first-order valence-electron chi connectivity index (χ1n) is 5.16. The Morgan fingerprint density at radius 1 is 1.29 bits per heavy atom. The van der Waals surface area contributed by atoms with Crippen LogP contribution in [-0.2, 0) is 13.2 Å². The van der Waals surface area contributed by atoms with Gasteiger partial charge in [-0.15, -0.1) is 0 Å². The van der Waals surface area contributed by atoms with Crippen LogP contribution in [0.2, 0.25) is 0 Å². The predicted molar refractivity (Wildman–Crippen MR) is 61.6 cm³/mol. The van der Waals surface area contributed by atoms with Crippen LogP contribution in [0.15, 0.2) is 41.2 Å². The minimum Gasteiger partial charge on any atom is -0.487 e. The van der Waals surface area contributed by atoms with E-state index in [1.54, 1.807) is 0 Å². The molecule has 0 saturated carbocycles. The summed E-state index contributed by atoms with van der Waals surface area (Å²) in [6.07, 6.45) is 0. The van der Waals surface area contributed by atoms with E-state index in [0.717, 1.165) is 0 Å². The summed E-state index contributed by atoms with van der Waals surface area (Å²) in [4.78, 5) is 17.7. The summed E-state index contributed by atoms with van der Waals surface area (Å²) >= 11 is 0. The van der Waals surface area contributed by atoms with Crippen LogP contribution in [0.4, 0.5) is 0 Å². The zero-order valence-corrected chi connectivity index (χ0v) is 9.09. The van der Waals surface area contributed by atoms with Gasteiger partial charge in [-0.25, -0.2) is 4.98 Å². The number of rotatable bonds is 4. The summed E-state index contributed by atoms with van der Waals surface area (Å²) in [5, 5.41) is 8.90. The number of aromatic amines is 1. The van der Waals surface area contributed by atoms with Gasteiger partial charge in [-0.1, -0.05) is 18.2 Å². The van der Waals surface area contributed by atoms with E-state index in [9.17, 15) is 4.79 Å². The lowest BCUT2D eigenvalue weighted by molar-refractivity contribution is 0.266. The molecule has 0 unspecified atom stereocenters. The highest BCUT2D eigenvalue weighted by Gasteiger charge is 2.01. The highest BCUT2D eigenvalue weighted by atomic mass is 16.5. The molecule has 5 heteroatoms. The molecule has 0 bridgehead atoms. The SMILES string of the molecule is O=c1cc(COc2ccccc2)nc(CO)[nH]1. The van der Waals surface area contributed by atoms with Gasteiger partial charge in [0, 0.05) is 6.07 Å². The van der Waals surface area contributed by atoms with Gasteiger partial charge in [0.2, 0.25) is 0 Å². The highest BCUT2D eigenvalue weighted by Crippen LogP contribution is 2.09. The van der Waals surface area contributed by atoms with Crippen molar-refractivity contribution in [1.82, 2.24) is 9.97 Å². The number of ether oxygens (including phenoxy) is 1. The highest BCUT2D eigenvalue weighted by molar-refractivity contribution is 5.21. The van der Waals surface area contributed by atoms with Gasteiger partial charge in [-0.3, -0.25) is 4.79 Å². The largest absolute Gasteiger partial charge is 0.487 e. The van der Waals surface area contributed by atoms with Gasteiger partial charge in [0.1, 0.15) is 24.8 Å². The third-order valence-corrected chi connectivity index (χ3v) is 2.12. The number of nitrogens with zero attached hydrogens (tertiary/aromatic N) is 1. The summed E-state index contributed by atoms with van der Waals surface area (Å²) in [6.45, 7) is -0.102. The van der Waals surface area contributed by atoms with Crippen LogP contribution in [0.25, 0.3) is 0 Å². The normalized spacial score (nSPS) is 10.2. The van der Waals surface area contributed by atoms with Gasteiger partial charge < -0.3 is 14.8 Å². The Hall–Kier alpha value is -2.14. The first-order valence-corrected chi connectivity index (χ1v) is 5.16. The lowest BCUT2D eigenvalue weighted by atomic mass is 10.3. The fraction of sp³-hybridized carbons (Fsp3) is 0.167. The maximum absolute atomic E-state index is 11.2. The van der Waals surface area contributed by atoms with Gasteiger partial charge >= 0.3 is 0 Å². The average Bonchev–Trinajstić information content (AvgIpc) is 2.37. The van der Waals surface area contributed by atoms with Crippen LogP contribution in [0.3, 0.4) is 0 Å². The standard InChI is InChI=1S/C12H12N2O3/c15-7-11-13-9(6-12(16)14-11)8-17-10-4-2-1-3-5-10/h1-6,15H,7-8H2,(H,13,14,16). The van der Waals surface area contributed by atoms with Crippen molar-refractivity contribution in [2.24, 2.45) is 0 Å². The lowest BCUT2D eigenvalue weighted by Crippen LogP contribution is -2.14. The first-order chi connectivity index (χ1) is 8.28. The number of aromatic nitrogens is 2. The van der Waals surface area contributed by atoms with Crippen molar-refractivity contribution in [3.63, 3.8) is 0 Å². The molecule has 1 heterocycles. The molecule has 17 heavy (non-hydrogen) atoms. The molecule has 0 spiro atoms. The topological polar surface area (TPSA) is 75.2 Å². The van der Waals surface area contributed by atoms with Gasteiger partial charge in [-0.05, 0) is 12.1 Å². The lowest BCUT2D eigenvalue weighted by Gasteiger charge is -2.05. The number of H-pyrrole nitrogens is 1. The molecule has 1 aromatic heterocycles. The second kappa shape index (κ2) is 5.27. The van der Waals surface area contributed by atoms with E-state index >= 15 is 0 Å². The molecule has 2 aromatic rings. The Labute approximate surface area is 97.7 Å². The van der Waals surface area contributed by atoms with Crippen molar-refractivity contribution >= 4 is 0 Å². The fourth-order valence-electron chi connectivity index (χ4n) is 1.39. The van der Waals surface area contributed by atoms with Crippen LogP contribution in [-0.4, -0.2) is 15.1 Å². The Morgan fingerprint density at radius 3 is 2.76 bits per heavy atom. The van der Waals surface area contributed by atoms with Gasteiger partial charge in [0.15, 0.2) is 0 Å². The molecule has 1 aromatic carbocycles. The zero-order chi connectivity index (χ0) is 12.1. The summed E-state index contributed by atoms with van der Waals surface area (Å²) in [6, 6.07) is 10.6. The summed E-state index contributed by atoms with van der Waals surface area (Å²) in [7, 11) is 0. The second-order valence-corrected chi connectivity index (χ2v) is 3.44. The minimum absolute atomic E-state index is 0.195. The van der Waals surface area contributed by atoms with E-state index in [0.29, 0.717) is 11.4 Å². The number of para-hydroxylation sites is 1. The van der Waals surface area contributed by atoms with E-state index < -0.39 is 0 Å². The molecule has 2 rings (SSSR count). The monoisotopic (exact) mass is 232 g/mol. The molecular weight excluding hydrogens is 220 g/mol. The molecule has 0 aliphatic rings. The molecule has 0 atom stereocenters. The number of hydrogen-bond donors (Lipinski definition) is 2. The smallest absolute Gasteiger partial charge is 0.251 e. The predicted octanol–water partition coefficient (Wildman–Crippen LogP) is 0.841. The summed E-state index contributed by atoms with van der Waals surface area (Å²) < 4.78 is 5.45. The van der Waals surface area contributed by atoms with E-state index in [-0.39, 0.29) is 24.6 Å². The van der Waals surface area contributed by atoms with Gasteiger partial charge in [-0.2, -0.15) is 0 Å². The Bertz CT molecular complexity index is 537. The maximum Gasteiger partial charge on any atom is 0.251 e. The van der Waals surface area contributed by atoms with Crippen molar-refractivity contribution in [1.29, 1.82) is 0 Å². The molecule has 0 aliphatic heterocycles. The third-order valence-electron chi connectivity index (χ3n) is 2.12. The zero-order valence-electron chi connectivity index (χ0n) is 9.09. The molecule has 5 nitrogen and oxygen atoms in total. The van der Waals surface area contributed by atoms with E-state index in [1.807, 2.05) is 30.3 Å².